The summed E-state index contributed by atoms with van der Waals surface area (Å²) >= 11 is 3.27. The zero-order valence-electron chi connectivity index (χ0n) is 9.81. The first-order chi connectivity index (χ1) is 7.44. The molecule has 1 aromatic carbocycles. The van der Waals surface area contributed by atoms with E-state index in [1.807, 2.05) is 7.05 Å². The monoisotopic (exact) mass is 289 g/mol. The maximum Gasteiger partial charge on any atom is 0.133 e. The van der Waals surface area contributed by atoms with Gasteiger partial charge in [0.2, 0.25) is 0 Å². The van der Waals surface area contributed by atoms with Crippen molar-refractivity contribution in [2.75, 3.05) is 20.2 Å². The van der Waals surface area contributed by atoms with Crippen molar-refractivity contribution in [1.82, 2.24) is 5.32 Å². The van der Waals surface area contributed by atoms with Crippen molar-refractivity contribution in [2.45, 2.75) is 13.8 Å². The quantitative estimate of drug-likeness (QED) is 0.899. The Labute approximate surface area is 104 Å². The van der Waals surface area contributed by atoms with E-state index in [0.717, 1.165) is 6.54 Å². The van der Waals surface area contributed by atoms with Gasteiger partial charge in [0, 0.05) is 12.0 Å². The summed E-state index contributed by atoms with van der Waals surface area (Å²) < 4.78 is 19.1. The Bertz CT molecular complexity index is 355. The Morgan fingerprint density at radius 1 is 1.44 bits per heavy atom. The summed E-state index contributed by atoms with van der Waals surface area (Å²) in [5, 5.41) is 3.12. The number of ether oxygens (including phenoxy) is 1. The summed E-state index contributed by atoms with van der Waals surface area (Å²) in [5.74, 6) is 0.402. The molecule has 0 amide bonds. The molecule has 0 radical (unpaired) electrons. The number of halogens is 2. The molecule has 0 saturated carbocycles. The van der Waals surface area contributed by atoms with Crippen LogP contribution in [0.1, 0.15) is 13.8 Å². The van der Waals surface area contributed by atoms with E-state index in [-0.39, 0.29) is 11.2 Å². The SMILES string of the molecule is CNCC(C)(C)COc1ccc(F)cc1Br. The topological polar surface area (TPSA) is 21.3 Å². The Morgan fingerprint density at radius 3 is 2.69 bits per heavy atom. The van der Waals surface area contributed by atoms with Gasteiger partial charge in [0.25, 0.3) is 0 Å². The first kappa shape index (κ1) is 13.5. The van der Waals surface area contributed by atoms with Crippen LogP contribution in [0.25, 0.3) is 0 Å². The Morgan fingerprint density at radius 2 is 2.12 bits per heavy atom. The molecule has 16 heavy (non-hydrogen) atoms. The van der Waals surface area contributed by atoms with Crippen LogP contribution in [-0.2, 0) is 0 Å². The smallest absolute Gasteiger partial charge is 0.133 e. The van der Waals surface area contributed by atoms with E-state index in [0.29, 0.717) is 16.8 Å². The second-order valence-electron chi connectivity index (χ2n) is 4.56. The number of rotatable bonds is 5. The summed E-state index contributed by atoms with van der Waals surface area (Å²) in [7, 11) is 1.91. The van der Waals surface area contributed by atoms with Gasteiger partial charge in [-0.25, -0.2) is 4.39 Å². The van der Waals surface area contributed by atoms with E-state index in [1.165, 1.54) is 12.1 Å². The number of hydrogen-bond acceptors (Lipinski definition) is 2. The van der Waals surface area contributed by atoms with Crippen molar-refractivity contribution >= 4 is 15.9 Å². The highest BCUT2D eigenvalue weighted by Crippen LogP contribution is 2.27. The molecule has 90 valence electrons. The van der Waals surface area contributed by atoms with E-state index in [2.05, 4.69) is 35.1 Å². The van der Waals surface area contributed by atoms with Crippen LogP contribution in [0.4, 0.5) is 4.39 Å². The Hall–Kier alpha value is -0.610. The van der Waals surface area contributed by atoms with Gasteiger partial charge in [-0.3, -0.25) is 0 Å². The van der Waals surface area contributed by atoms with E-state index in [9.17, 15) is 4.39 Å². The lowest BCUT2D eigenvalue weighted by Crippen LogP contribution is -2.32. The van der Waals surface area contributed by atoms with Gasteiger partial charge in [-0.2, -0.15) is 0 Å². The van der Waals surface area contributed by atoms with Crippen LogP contribution in [0, 0.1) is 11.2 Å². The summed E-state index contributed by atoms with van der Waals surface area (Å²) in [6.45, 7) is 5.67. The number of hydrogen-bond donors (Lipinski definition) is 1. The van der Waals surface area contributed by atoms with E-state index in [1.54, 1.807) is 6.07 Å². The van der Waals surface area contributed by atoms with E-state index in [4.69, 9.17) is 4.74 Å². The fourth-order valence-corrected chi connectivity index (χ4v) is 1.86. The van der Waals surface area contributed by atoms with Crippen molar-refractivity contribution in [2.24, 2.45) is 5.41 Å². The van der Waals surface area contributed by atoms with Gasteiger partial charge < -0.3 is 10.1 Å². The highest BCUT2D eigenvalue weighted by atomic mass is 79.9. The van der Waals surface area contributed by atoms with E-state index >= 15 is 0 Å². The standard InChI is InChI=1S/C12H17BrFNO/c1-12(2,7-15-3)8-16-11-5-4-9(14)6-10(11)13/h4-6,15H,7-8H2,1-3H3. The van der Waals surface area contributed by atoms with Gasteiger partial charge >= 0.3 is 0 Å². The maximum absolute atomic E-state index is 12.8. The first-order valence-corrected chi connectivity index (χ1v) is 5.96. The van der Waals surface area contributed by atoms with Gasteiger partial charge in [0.05, 0.1) is 11.1 Å². The van der Waals surface area contributed by atoms with Crippen molar-refractivity contribution in [3.8, 4) is 5.75 Å². The number of benzene rings is 1. The Balaban J connectivity index is 2.61. The summed E-state index contributed by atoms with van der Waals surface area (Å²) in [5.41, 5.74) is 0.0442. The van der Waals surface area contributed by atoms with Crippen LogP contribution in [0.15, 0.2) is 22.7 Å². The molecule has 0 bridgehead atoms. The molecule has 0 aliphatic carbocycles. The van der Waals surface area contributed by atoms with E-state index < -0.39 is 0 Å². The van der Waals surface area contributed by atoms with Gasteiger partial charge in [-0.15, -0.1) is 0 Å². The Kier molecular flexibility index (Phi) is 4.74. The second kappa shape index (κ2) is 5.64. The minimum absolute atomic E-state index is 0.0442. The molecule has 1 aromatic rings. The highest BCUT2D eigenvalue weighted by Gasteiger charge is 2.18. The van der Waals surface area contributed by atoms with Crippen molar-refractivity contribution in [3.05, 3.63) is 28.5 Å². The van der Waals surface area contributed by atoms with Gasteiger partial charge in [0.1, 0.15) is 11.6 Å². The van der Waals surface area contributed by atoms with Gasteiger partial charge in [-0.05, 0) is 41.2 Å². The van der Waals surface area contributed by atoms with Crippen LogP contribution in [0.3, 0.4) is 0 Å². The molecule has 1 N–H and O–H groups in total. The third-order valence-corrected chi connectivity index (χ3v) is 2.79. The maximum atomic E-state index is 12.8. The van der Waals surface area contributed by atoms with Gasteiger partial charge in [-0.1, -0.05) is 13.8 Å². The normalized spacial score (nSPS) is 11.6. The predicted octanol–water partition coefficient (Wildman–Crippen LogP) is 3.21. The largest absolute Gasteiger partial charge is 0.492 e. The molecule has 0 aliphatic heterocycles. The molecule has 0 saturated heterocycles. The molecular formula is C12H17BrFNO. The van der Waals surface area contributed by atoms with Crippen molar-refractivity contribution < 1.29 is 9.13 Å². The molecule has 1 rings (SSSR count). The molecule has 0 aliphatic rings. The molecule has 0 unspecified atom stereocenters. The molecular weight excluding hydrogens is 273 g/mol. The lowest BCUT2D eigenvalue weighted by molar-refractivity contribution is 0.178. The van der Waals surface area contributed by atoms with Crippen LogP contribution >= 0.6 is 15.9 Å². The highest BCUT2D eigenvalue weighted by molar-refractivity contribution is 9.10. The fourth-order valence-electron chi connectivity index (χ4n) is 1.39. The van der Waals surface area contributed by atoms with Crippen LogP contribution < -0.4 is 10.1 Å². The minimum Gasteiger partial charge on any atom is -0.492 e. The molecule has 0 heterocycles. The van der Waals surface area contributed by atoms with Gasteiger partial charge in [0.15, 0.2) is 0 Å². The van der Waals surface area contributed by atoms with Crippen LogP contribution in [0.5, 0.6) is 5.75 Å². The summed E-state index contributed by atoms with van der Waals surface area (Å²) in [6, 6.07) is 4.43. The third kappa shape index (κ3) is 4.10. The average Bonchev–Trinajstić information content (AvgIpc) is 2.16. The molecule has 0 atom stereocenters. The zero-order chi connectivity index (χ0) is 12.2. The molecule has 4 heteroatoms. The summed E-state index contributed by atoms with van der Waals surface area (Å²) in [4.78, 5) is 0. The lowest BCUT2D eigenvalue weighted by Gasteiger charge is -2.24. The molecule has 0 spiro atoms. The molecule has 0 aromatic heterocycles. The molecule has 0 fully saturated rings. The second-order valence-corrected chi connectivity index (χ2v) is 5.41. The number of nitrogens with one attached hydrogen (secondary N) is 1. The minimum atomic E-state index is -0.270. The third-order valence-electron chi connectivity index (χ3n) is 2.17. The van der Waals surface area contributed by atoms with Crippen molar-refractivity contribution in [1.29, 1.82) is 0 Å². The fraction of sp³-hybridized carbons (Fsp3) is 0.500. The predicted molar refractivity (Wildman–Crippen MR) is 67.3 cm³/mol. The first-order valence-electron chi connectivity index (χ1n) is 5.17. The lowest BCUT2D eigenvalue weighted by atomic mass is 9.95. The van der Waals surface area contributed by atoms with Crippen LogP contribution in [0.2, 0.25) is 0 Å². The average molecular weight is 290 g/mol. The zero-order valence-corrected chi connectivity index (χ0v) is 11.4. The molecule has 2 nitrogen and oxygen atoms in total. The van der Waals surface area contributed by atoms with Crippen LogP contribution in [-0.4, -0.2) is 20.2 Å². The summed E-state index contributed by atoms with van der Waals surface area (Å²) in [6.07, 6.45) is 0. The van der Waals surface area contributed by atoms with Crippen molar-refractivity contribution in [3.63, 3.8) is 0 Å².